The van der Waals surface area contributed by atoms with Crippen LogP contribution in [0.5, 0.6) is 0 Å². The van der Waals surface area contributed by atoms with E-state index in [0.717, 1.165) is 32.2 Å². The van der Waals surface area contributed by atoms with Gasteiger partial charge < -0.3 is 11.1 Å². The summed E-state index contributed by atoms with van der Waals surface area (Å²) in [6, 6.07) is 0.301. The topological polar surface area (TPSA) is 58.4 Å². The number of unbranched alkanes of at least 4 members (excludes halogenated alkanes) is 1. The van der Waals surface area contributed by atoms with Crippen molar-refractivity contribution in [3.05, 3.63) is 0 Å². The number of hydrogen-bond donors (Lipinski definition) is 2. The first kappa shape index (κ1) is 16.4. The quantitative estimate of drug-likeness (QED) is 0.527. The fraction of sp³-hybridized carbons (Fsp3) is 0.857. The van der Waals surface area contributed by atoms with E-state index in [0.29, 0.717) is 17.6 Å². The molecule has 1 aliphatic rings. The summed E-state index contributed by atoms with van der Waals surface area (Å²) in [7, 11) is 0. The number of nitrogens with two attached hydrogens (primary N) is 1. The molecule has 110 valence electrons. The molecule has 1 rings (SSSR count). The Morgan fingerprint density at radius 2 is 2.11 bits per heavy atom. The lowest BCUT2D eigenvalue weighted by molar-refractivity contribution is -0.126. The number of rotatable bonds is 8. The summed E-state index contributed by atoms with van der Waals surface area (Å²) in [5, 5.41) is 3.00. The van der Waals surface area contributed by atoms with Crippen LogP contribution in [0.2, 0.25) is 0 Å². The highest BCUT2D eigenvalue weighted by Gasteiger charge is 2.30. The zero-order valence-electron chi connectivity index (χ0n) is 12.2. The van der Waals surface area contributed by atoms with Crippen LogP contribution in [-0.2, 0) is 4.79 Å². The van der Waals surface area contributed by atoms with Crippen molar-refractivity contribution in [2.75, 3.05) is 13.1 Å². The Bertz CT molecular complexity index is 303. The summed E-state index contributed by atoms with van der Waals surface area (Å²) in [6.07, 6.45) is 6.89. The van der Waals surface area contributed by atoms with Gasteiger partial charge in [-0.2, -0.15) is 0 Å². The summed E-state index contributed by atoms with van der Waals surface area (Å²) >= 11 is 5.02. The minimum absolute atomic E-state index is 0.0941. The van der Waals surface area contributed by atoms with Crippen LogP contribution in [-0.4, -0.2) is 41.0 Å². The summed E-state index contributed by atoms with van der Waals surface area (Å²) in [6.45, 7) is 5.37. The van der Waals surface area contributed by atoms with Gasteiger partial charge in [0.15, 0.2) is 0 Å². The van der Waals surface area contributed by atoms with Gasteiger partial charge in [-0.25, -0.2) is 0 Å². The van der Waals surface area contributed by atoms with Crippen molar-refractivity contribution in [2.24, 2.45) is 5.73 Å². The maximum atomic E-state index is 12.2. The molecule has 1 saturated carbocycles. The van der Waals surface area contributed by atoms with E-state index in [1.165, 1.54) is 12.8 Å². The second kappa shape index (κ2) is 8.48. The molecule has 1 unspecified atom stereocenters. The van der Waals surface area contributed by atoms with Crippen molar-refractivity contribution in [3.63, 3.8) is 0 Å². The monoisotopic (exact) mass is 285 g/mol. The van der Waals surface area contributed by atoms with Crippen molar-refractivity contribution in [2.45, 2.75) is 64.5 Å². The number of carbonyl (C=O) groups is 1. The molecule has 1 aliphatic carbocycles. The van der Waals surface area contributed by atoms with Gasteiger partial charge in [-0.1, -0.05) is 38.4 Å². The predicted octanol–water partition coefficient (Wildman–Crippen LogP) is 1.82. The molecular weight excluding hydrogens is 258 g/mol. The average molecular weight is 285 g/mol. The summed E-state index contributed by atoms with van der Waals surface area (Å²) in [5.74, 6) is 0.0941. The Morgan fingerprint density at radius 1 is 1.47 bits per heavy atom. The van der Waals surface area contributed by atoms with Crippen LogP contribution < -0.4 is 11.1 Å². The minimum atomic E-state index is -0.151. The van der Waals surface area contributed by atoms with E-state index in [9.17, 15) is 4.79 Å². The first-order chi connectivity index (χ1) is 9.06. The molecule has 0 saturated heterocycles. The lowest BCUT2D eigenvalue weighted by Gasteiger charge is -2.33. The third-order valence-electron chi connectivity index (χ3n) is 3.84. The number of carbonyl (C=O) groups excluding carboxylic acids is 1. The molecule has 1 atom stereocenters. The van der Waals surface area contributed by atoms with Crippen LogP contribution in [0, 0.1) is 0 Å². The molecule has 0 aromatic carbocycles. The van der Waals surface area contributed by atoms with Gasteiger partial charge in [0.05, 0.1) is 11.0 Å². The smallest absolute Gasteiger partial charge is 0.237 e. The summed E-state index contributed by atoms with van der Waals surface area (Å²) < 4.78 is 0. The number of hydrogen-bond acceptors (Lipinski definition) is 3. The van der Waals surface area contributed by atoms with Crippen molar-refractivity contribution < 1.29 is 4.79 Å². The summed E-state index contributed by atoms with van der Waals surface area (Å²) in [4.78, 5) is 14.8. The van der Waals surface area contributed by atoms with Crippen molar-refractivity contribution in [3.8, 4) is 0 Å². The Kier molecular flexibility index (Phi) is 7.31. The molecule has 3 N–H and O–H groups in total. The zero-order valence-corrected chi connectivity index (χ0v) is 13.0. The number of amides is 1. The van der Waals surface area contributed by atoms with Gasteiger partial charge in [0.1, 0.15) is 0 Å². The van der Waals surface area contributed by atoms with Gasteiger partial charge in [0.2, 0.25) is 5.91 Å². The third-order valence-corrected chi connectivity index (χ3v) is 3.97. The van der Waals surface area contributed by atoms with E-state index >= 15 is 0 Å². The molecule has 0 aliphatic heterocycles. The maximum Gasteiger partial charge on any atom is 0.237 e. The Morgan fingerprint density at radius 3 is 2.63 bits per heavy atom. The molecule has 1 fully saturated rings. The zero-order chi connectivity index (χ0) is 14.3. The molecule has 19 heavy (non-hydrogen) atoms. The standard InChI is InChI=1S/C14H27N3OS/c1-3-4-9-16-14(18)11(2)17(10-13(15)19)12-7-5-6-8-12/h11-12H,3-10H2,1-2H3,(H2,15,19)(H,16,18). The maximum absolute atomic E-state index is 12.2. The van der Waals surface area contributed by atoms with Gasteiger partial charge in [0, 0.05) is 19.1 Å². The van der Waals surface area contributed by atoms with E-state index in [2.05, 4.69) is 17.1 Å². The number of nitrogens with zero attached hydrogens (tertiary/aromatic N) is 1. The SMILES string of the molecule is CCCCNC(=O)C(C)N(CC(N)=S)C1CCCC1. The van der Waals surface area contributed by atoms with Crippen LogP contribution in [0.15, 0.2) is 0 Å². The van der Waals surface area contributed by atoms with E-state index < -0.39 is 0 Å². The van der Waals surface area contributed by atoms with Gasteiger partial charge in [-0.05, 0) is 26.2 Å². The molecular formula is C14H27N3OS. The van der Waals surface area contributed by atoms with Gasteiger partial charge in [-0.3, -0.25) is 9.69 Å². The van der Waals surface area contributed by atoms with Crippen LogP contribution in [0.25, 0.3) is 0 Å². The van der Waals surface area contributed by atoms with Crippen molar-refractivity contribution in [1.29, 1.82) is 0 Å². The molecule has 0 aromatic rings. The first-order valence-corrected chi connectivity index (χ1v) is 7.78. The number of nitrogens with one attached hydrogen (secondary N) is 1. The molecule has 5 heteroatoms. The fourth-order valence-electron chi connectivity index (χ4n) is 2.68. The normalized spacial score (nSPS) is 17.6. The Labute approximate surface area is 122 Å². The average Bonchev–Trinajstić information content (AvgIpc) is 2.88. The molecule has 4 nitrogen and oxygen atoms in total. The second-order valence-corrected chi connectivity index (χ2v) is 5.92. The third kappa shape index (κ3) is 5.45. The Balaban J connectivity index is 2.56. The largest absolute Gasteiger partial charge is 0.392 e. The first-order valence-electron chi connectivity index (χ1n) is 7.38. The Hall–Kier alpha value is -0.680. The van der Waals surface area contributed by atoms with E-state index in [1.807, 2.05) is 6.92 Å². The minimum Gasteiger partial charge on any atom is -0.392 e. The molecule has 0 heterocycles. The van der Waals surface area contributed by atoms with E-state index in [1.54, 1.807) is 0 Å². The van der Waals surface area contributed by atoms with Crippen molar-refractivity contribution >= 4 is 23.1 Å². The molecule has 0 bridgehead atoms. The predicted molar refractivity (Wildman–Crippen MR) is 83.1 cm³/mol. The van der Waals surface area contributed by atoms with Gasteiger partial charge in [-0.15, -0.1) is 0 Å². The second-order valence-electron chi connectivity index (χ2n) is 5.40. The lowest BCUT2D eigenvalue weighted by Crippen LogP contribution is -2.51. The molecule has 0 radical (unpaired) electrons. The van der Waals surface area contributed by atoms with E-state index in [-0.39, 0.29) is 11.9 Å². The molecule has 1 amide bonds. The number of thiocarbonyl (C=S) groups is 1. The molecule has 0 spiro atoms. The van der Waals surface area contributed by atoms with Crippen LogP contribution in [0.1, 0.15) is 52.4 Å². The molecule has 0 aromatic heterocycles. The van der Waals surface area contributed by atoms with Crippen LogP contribution in [0.3, 0.4) is 0 Å². The lowest BCUT2D eigenvalue weighted by atomic mass is 10.1. The summed E-state index contributed by atoms with van der Waals surface area (Å²) in [5.41, 5.74) is 5.68. The fourth-order valence-corrected chi connectivity index (χ4v) is 2.83. The van der Waals surface area contributed by atoms with Gasteiger partial charge >= 0.3 is 0 Å². The highest BCUT2D eigenvalue weighted by atomic mass is 32.1. The van der Waals surface area contributed by atoms with Crippen molar-refractivity contribution in [1.82, 2.24) is 10.2 Å². The highest BCUT2D eigenvalue weighted by molar-refractivity contribution is 7.80. The van der Waals surface area contributed by atoms with E-state index in [4.69, 9.17) is 18.0 Å². The van der Waals surface area contributed by atoms with Gasteiger partial charge in [0.25, 0.3) is 0 Å². The highest BCUT2D eigenvalue weighted by Crippen LogP contribution is 2.25. The van der Waals surface area contributed by atoms with Crippen LogP contribution in [0.4, 0.5) is 0 Å². The van der Waals surface area contributed by atoms with Crippen LogP contribution >= 0.6 is 12.2 Å².